The highest BCUT2D eigenvalue weighted by Crippen LogP contribution is 2.21. The average molecular weight is 410 g/mol. The lowest BCUT2D eigenvalue weighted by atomic mass is 9.87. The smallest absolute Gasteiger partial charge is 0.190 e. The third-order valence-electron chi connectivity index (χ3n) is 3.88. The number of Topliss-reactive ketones (excluding diaryl/α,β-unsaturated/α-hetero) is 1. The maximum absolute atomic E-state index is 13.0. The number of hydrazone groups is 1. The zero-order chi connectivity index (χ0) is 18.7. The molecule has 0 saturated carbocycles. The lowest BCUT2D eigenvalue weighted by Gasteiger charge is -2.18. The van der Waals surface area contributed by atoms with E-state index in [0.717, 1.165) is 21.1 Å². The Labute approximate surface area is 161 Å². The van der Waals surface area contributed by atoms with Crippen LogP contribution in [-0.4, -0.2) is 16.5 Å². The van der Waals surface area contributed by atoms with Gasteiger partial charge >= 0.3 is 0 Å². The Balaban J connectivity index is 2.02. The van der Waals surface area contributed by atoms with Crippen LogP contribution < -0.4 is 5.43 Å². The predicted molar refractivity (Wildman–Crippen MR) is 111 cm³/mol. The quantitative estimate of drug-likeness (QED) is 0.461. The van der Waals surface area contributed by atoms with Gasteiger partial charge < -0.3 is 0 Å². The van der Waals surface area contributed by atoms with Crippen LogP contribution in [0, 0.1) is 5.41 Å². The number of carbonyl (C=O) groups is 1. The van der Waals surface area contributed by atoms with E-state index in [1.807, 2.05) is 81.4 Å². The van der Waals surface area contributed by atoms with Gasteiger partial charge in [-0.2, -0.15) is 5.10 Å². The maximum atomic E-state index is 13.0. The van der Waals surface area contributed by atoms with Crippen molar-refractivity contribution in [2.24, 2.45) is 10.5 Å². The summed E-state index contributed by atoms with van der Waals surface area (Å²) in [4.78, 5) is 17.6. The molecule has 0 aliphatic carbocycles. The molecule has 0 bridgehead atoms. The molecule has 5 heteroatoms. The number of ketones is 1. The zero-order valence-corrected chi connectivity index (χ0v) is 16.5. The van der Waals surface area contributed by atoms with E-state index in [4.69, 9.17) is 0 Å². The summed E-state index contributed by atoms with van der Waals surface area (Å²) in [6.45, 7) is 5.64. The number of anilines is 1. The third-order valence-corrected chi connectivity index (χ3v) is 4.41. The van der Waals surface area contributed by atoms with Crippen LogP contribution in [0.2, 0.25) is 0 Å². The number of fused-ring (bicyclic) bond motifs is 1. The first-order valence-corrected chi connectivity index (χ1v) is 9.14. The first kappa shape index (κ1) is 18.3. The number of rotatable bonds is 4. The second-order valence-electron chi connectivity index (χ2n) is 7.05. The number of aromatic nitrogens is 1. The number of para-hydroxylation sites is 1. The molecule has 1 heterocycles. The van der Waals surface area contributed by atoms with Crippen molar-refractivity contribution in [1.82, 2.24) is 4.98 Å². The molecule has 0 aliphatic heterocycles. The van der Waals surface area contributed by atoms with Crippen LogP contribution in [0.25, 0.3) is 10.9 Å². The first-order chi connectivity index (χ1) is 12.3. The molecule has 3 rings (SSSR count). The Hall–Kier alpha value is -2.53. The zero-order valence-electron chi connectivity index (χ0n) is 15.0. The fourth-order valence-corrected chi connectivity index (χ4v) is 2.69. The van der Waals surface area contributed by atoms with Crippen LogP contribution in [0.3, 0.4) is 0 Å². The topological polar surface area (TPSA) is 54.4 Å². The van der Waals surface area contributed by atoms with E-state index in [-0.39, 0.29) is 5.78 Å². The van der Waals surface area contributed by atoms with Crippen molar-refractivity contribution in [1.29, 1.82) is 0 Å². The van der Waals surface area contributed by atoms with Crippen molar-refractivity contribution in [2.75, 3.05) is 5.43 Å². The predicted octanol–water partition coefficient (Wildman–Crippen LogP) is 5.43. The molecule has 0 aliphatic rings. The molecule has 3 aromatic rings. The number of pyridine rings is 1. The van der Waals surface area contributed by atoms with Crippen LogP contribution in [-0.2, 0) is 4.79 Å². The number of nitrogens with zero attached hydrogens (tertiary/aromatic N) is 2. The molecule has 1 aromatic heterocycles. The Morgan fingerprint density at radius 2 is 1.69 bits per heavy atom. The molecule has 0 unspecified atom stereocenters. The minimum atomic E-state index is -0.562. The highest BCUT2D eigenvalue weighted by molar-refractivity contribution is 9.10. The highest BCUT2D eigenvalue weighted by Gasteiger charge is 2.28. The molecule has 0 atom stereocenters. The normalized spacial score (nSPS) is 12.2. The summed E-state index contributed by atoms with van der Waals surface area (Å²) in [5.74, 6) is -0.0649. The molecule has 26 heavy (non-hydrogen) atoms. The second kappa shape index (κ2) is 7.38. The molecule has 0 radical (unpaired) electrons. The molecular formula is C21H20BrN3O. The molecule has 2 aromatic carbocycles. The van der Waals surface area contributed by atoms with E-state index < -0.39 is 5.41 Å². The van der Waals surface area contributed by atoms with Gasteiger partial charge in [0.05, 0.1) is 16.9 Å². The van der Waals surface area contributed by atoms with Gasteiger partial charge in [-0.3, -0.25) is 10.2 Å². The highest BCUT2D eigenvalue weighted by atomic mass is 79.9. The van der Waals surface area contributed by atoms with E-state index in [1.165, 1.54) is 0 Å². The fourth-order valence-electron chi connectivity index (χ4n) is 2.42. The lowest BCUT2D eigenvalue weighted by Crippen LogP contribution is -2.30. The number of hydrogen-bond acceptors (Lipinski definition) is 4. The Morgan fingerprint density at radius 1 is 1.00 bits per heavy atom. The summed E-state index contributed by atoms with van der Waals surface area (Å²) in [5.41, 5.74) is 4.94. The van der Waals surface area contributed by atoms with E-state index in [2.05, 4.69) is 31.4 Å². The van der Waals surface area contributed by atoms with Gasteiger partial charge in [0.2, 0.25) is 0 Å². The molecule has 4 nitrogen and oxygen atoms in total. The molecule has 0 spiro atoms. The lowest BCUT2D eigenvalue weighted by molar-refractivity contribution is -0.119. The SMILES string of the molecule is CC(C)(C)C(=O)/C(=N\Nc1ccc(Br)cc1)c1ccc2ccccc2n1. The summed E-state index contributed by atoms with van der Waals surface area (Å²) in [7, 11) is 0. The van der Waals surface area contributed by atoms with E-state index in [9.17, 15) is 4.79 Å². The summed E-state index contributed by atoms with van der Waals surface area (Å²) in [5, 5.41) is 5.43. The van der Waals surface area contributed by atoms with Gasteiger partial charge in [-0.1, -0.05) is 61.0 Å². The molecule has 1 N–H and O–H groups in total. The van der Waals surface area contributed by atoms with Crippen molar-refractivity contribution in [3.63, 3.8) is 0 Å². The summed E-state index contributed by atoms with van der Waals surface area (Å²) >= 11 is 3.41. The van der Waals surface area contributed by atoms with Gasteiger partial charge in [-0.05, 0) is 36.4 Å². The van der Waals surface area contributed by atoms with Crippen LogP contribution in [0.1, 0.15) is 26.5 Å². The molecule has 0 fully saturated rings. The minimum absolute atomic E-state index is 0.0649. The summed E-state index contributed by atoms with van der Waals surface area (Å²) in [6.07, 6.45) is 0. The van der Waals surface area contributed by atoms with Crippen molar-refractivity contribution in [3.05, 3.63) is 70.8 Å². The van der Waals surface area contributed by atoms with Crippen molar-refractivity contribution in [3.8, 4) is 0 Å². The maximum Gasteiger partial charge on any atom is 0.190 e. The van der Waals surface area contributed by atoms with Gasteiger partial charge in [-0.25, -0.2) is 4.98 Å². The number of benzene rings is 2. The van der Waals surface area contributed by atoms with Crippen LogP contribution in [0.4, 0.5) is 5.69 Å². The number of halogens is 1. The third kappa shape index (κ3) is 4.17. The molecular weight excluding hydrogens is 390 g/mol. The Bertz CT molecular complexity index is 972. The summed E-state index contributed by atoms with van der Waals surface area (Å²) < 4.78 is 0.981. The first-order valence-electron chi connectivity index (χ1n) is 8.35. The number of hydrogen-bond donors (Lipinski definition) is 1. The largest absolute Gasteiger partial charge is 0.292 e. The van der Waals surface area contributed by atoms with Gasteiger partial charge in [0.15, 0.2) is 11.5 Å². The van der Waals surface area contributed by atoms with Gasteiger partial charge in [0.25, 0.3) is 0 Å². The van der Waals surface area contributed by atoms with Crippen molar-refractivity contribution < 1.29 is 4.79 Å². The number of nitrogens with one attached hydrogen (secondary N) is 1. The molecule has 132 valence electrons. The van der Waals surface area contributed by atoms with Crippen molar-refractivity contribution >= 4 is 44.0 Å². The van der Waals surface area contributed by atoms with Crippen LogP contribution in [0.15, 0.2) is 70.2 Å². The Kier molecular flexibility index (Phi) is 5.18. The van der Waals surface area contributed by atoms with Crippen molar-refractivity contribution in [2.45, 2.75) is 20.8 Å². The Morgan fingerprint density at radius 3 is 2.38 bits per heavy atom. The second-order valence-corrected chi connectivity index (χ2v) is 7.96. The minimum Gasteiger partial charge on any atom is -0.292 e. The van der Waals surface area contributed by atoms with Crippen LogP contribution in [0.5, 0.6) is 0 Å². The van der Waals surface area contributed by atoms with Crippen LogP contribution >= 0.6 is 15.9 Å². The standard InChI is InChI=1S/C21H20BrN3O/c1-21(2,3)20(26)19(25-24-16-11-9-15(22)10-12-16)18-13-8-14-6-4-5-7-17(14)23-18/h4-13,24H,1-3H3/b25-19-. The monoisotopic (exact) mass is 409 g/mol. The van der Waals surface area contributed by atoms with Gasteiger partial charge in [-0.15, -0.1) is 0 Å². The van der Waals surface area contributed by atoms with E-state index >= 15 is 0 Å². The molecule has 0 saturated heterocycles. The average Bonchev–Trinajstić information content (AvgIpc) is 2.62. The van der Waals surface area contributed by atoms with E-state index in [1.54, 1.807) is 0 Å². The summed E-state index contributed by atoms with van der Waals surface area (Å²) in [6, 6.07) is 19.2. The molecule has 0 amide bonds. The van der Waals surface area contributed by atoms with Gasteiger partial charge in [0, 0.05) is 15.3 Å². The fraction of sp³-hybridized carbons (Fsp3) is 0.190. The number of carbonyl (C=O) groups excluding carboxylic acids is 1. The van der Waals surface area contributed by atoms with E-state index in [0.29, 0.717) is 11.4 Å². The van der Waals surface area contributed by atoms with Gasteiger partial charge in [0.1, 0.15) is 0 Å².